The Morgan fingerprint density at radius 1 is 1.33 bits per heavy atom. The predicted octanol–water partition coefficient (Wildman–Crippen LogP) is 3.36. The summed E-state index contributed by atoms with van der Waals surface area (Å²) in [5.41, 5.74) is 3.25. The Labute approximate surface area is 118 Å². The van der Waals surface area contributed by atoms with E-state index in [1.54, 1.807) is 12.1 Å². The summed E-state index contributed by atoms with van der Waals surface area (Å²) in [4.78, 5) is 4.24. The molecule has 1 aromatic carbocycles. The number of anilines is 1. The van der Waals surface area contributed by atoms with Gasteiger partial charge in [0.05, 0.1) is 10.7 Å². The van der Waals surface area contributed by atoms with Crippen LogP contribution in [0.2, 0.25) is 5.02 Å². The summed E-state index contributed by atoms with van der Waals surface area (Å²) in [6, 6.07) is 10.9. The molecule has 0 atom stereocenters. The first kappa shape index (κ1) is 13.1. The van der Waals surface area contributed by atoms with Crippen molar-refractivity contribution in [2.45, 2.75) is 6.61 Å². The van der Waals surface area contributed by atoms with Crippen LogP contribution in [0.4, 0.5) is 5.82 Å². The number of nitrogens with zero attached hydrogens (tertiary/aromatic N) is 1. The zero-order valence-corrected chi connectivity index (χ0v) is 11.7. The van der Waals surface area contributed by atoms with Crippen molar-refractivity contribution >= 4 is 33.3 Å². The second kappa shape index (κ2) is 6.04. The molecule has 0 bridgehead atoms. The lowest BCUT2D eigenvalue weighted by Crippen LogP contribution is -2.09. The Hall–Kier alpha value is -1.30. The Morgan fingerprint density at radius 2 is 2.17 bits per heavy atom. The molecule has 0 saturated carbocycles. The normalized spacial score (nSPS) is 10.2. The first-order valence-electron chi connectivity index (χ1n) is 5.19. The first-order valence-corrected chi connectivity index (χ1v) is 6.36. The number of hydrogen-bond donors (Lipinski definition) is 2. The molecule has 0 aliphatic carbocycles. The Bertz CT molecular complexity index is 551. The number of nitrogens with two attached hydrogens (primary N) is 1. The summed E-state index contributed by atoms with van der Waals surface area (Å²) in [6.45, 7) is 0.325. The third kappa shape index (κ3) is 3.35. The SMILES string of the molecule is NNc1cccc(COc2cc(Br)ccc2Cl)n1. The number of hydrazine groups is 1. The van der Waals surface area contributed by atoms with Crippen molar-refractivity contribution in [3.8, 4) is 5.75 Å². The fraction of sp³-hybridized carbons (Fsp3) is 0.0833. The number of hydrogen-bond acceptors (Lipinski definition) is 4. The maximum absolute atomic E-state index is 6.02. The molecule has 0 fully saturated rings. The van der Waals surface area contributed by atoms with Crippen LogP contribution >= 0.6 is 27.5 Å². The fourth-order valence-corrected chi connectivity index (χ4v) is 1.89. The molecule has 6 heteroatoms. The highest BCUT2D eigenvalue weighted by molar-refractivity contribution is 9.10. The van der Waals surface area contributed by atoms with Gasteiger partial charge < -0.3 is 10.2 Å². The van der Waals surface area contributed by atoms with Gasteiger partial charge in [0.15, 0.2) is 0 Å². The number of benzene rings is 1. The molecule has 0 aliphatic rings. The number of halogens is 2. The smallest absolute Gasteiger partial charge is 0.140 e. The average Bonchev–Trinajstić information content (AvgIpc) is 2.40. The summed E-state index contributed by atoms with van der Waals surface area (Å²) < 4.78 is 6.52. The summed E-state index contributed by atoms with van der Waals surface area (Å²) in [5.74, 6) is 6.49. The van der Waals surface area contributed by atoms with Crippen molar-refractivity contribution in [2.24, 2.45) is 5.84 Å². The van der Waals surface area contributed by atoms with E-state index in [-0.39, 0.29) is 0 Å². The molecule has 0 radical (unpaired) electrons. The number of ether oxygens (including phenoxy) is 1. The number of nitrogen functional groups attached to an aromatic ring is 1. The van der Waals surface area contributed by atoms with E-state index >= 15 is 0 Å². The topological polar surface area (TPSA) is 60.2 Å². The van der Waals surface area contributed by atoms with Crippen LogP contribution in [0.3, 0.4) is 0 Å². The number of pyridine rings is 1. The van der Waals surface area contributed by atoms with Gasteiger partial charge in [-0.1, -0.05) is 33.6 Å². The van der Waals surface area contributed by atoms with Crippen LogP contribution in [-0.2, 0) is 6.61 Å². The lowest BCUT2D eigenvalue weighted by molar-refractivity contribution is 0.301. The van der Waals surface area contributed by atoms with Crippen LogP contribution in [0.1, 0.15) is 5.69 Å². The summed E-state index contributed by atoms with van der Waals surface area (Å²) in [6.07, 6.45) is 0. The van der Waals surface area contributed by atoms with Gasteiger partial charge in [0.25, 0.3) is 0 Å². The van der Waals surface area contributed by atoms with E-state index in [0.29, 0.717) is 23.2 Å². The van der Waals surface area contributed by atoms with Crippen molar-refractivity contribution in [1.82, 2.24) is 4.98 Å². The van der Waals surface area contributed by atoms with E-state index in [4.69, 9.17) is 22.2 Å². The second-order valence-electron chi connectivity index (χ2n) is 3.52. The van der Waals surface area contributed by atoms with Gasteiger partial charge in [-0.25, -0.2) is 10.8 Å². The third-order valence-corrected chi connectivity index (χ3v) is 3.03. The lowest BCUT2D eigenvalue weighted by atomic mass is 10.3. The van der Waals surface area contributed by atoms with Crippen LogP contribution in [0, 0.1) is 0 Å². The minimum atomic E-state index is 0.325. The molecule has 2 rings (SSSR count). The number of rotatable bonds is 4. The van der Waals surface area contributed by atoms with Crippen molar-refractivity contribution in [1.29, 1.82) is 0 Å². The molecule has 2 aromatic rings. The Kier molecular flexibility index (Phi) is 4.41. The van der Waals surface area contributed by atoms with Crippen LogP contribution in [0.25, 0.3) is 0 Å². The quantitative estimate of drug-likeness (QED) is 0.667. The third-order valence-electron chi connectivity index (χ3n) is 2.22. The average molecular weight is 329 g/mol. The van der Waals surface area contributed by atoms with Gasteiger partial charge >= 0.3 is 0 Å². The molecule has 0 spiro atoms. The molecule has 94 valence electrons. The van der Waals surface area contributed by atoms with E-state index in [9.17, 15) is 0 Å². The highest BCUT2D eigenvalue weighted by Gasteiger charge is 2.04. The minimum Gasteiger partial charge on any atom is -0.486 e. The molecule has 3 N–H and O–H groups in total. The van der Waals surface area contributed by atoms with Crippen LogP contribution < -0.4 is 16.0 Å². The molecular formula is C12H11BrClN3O. The molecule has 18 heavy (non-hydrogen) atoms. The molecule has 4 nitrogen and oxygen atoms in total. The van der Waals surface area contributed by atoms with E-state index in [0.717, 1.165) is 10.2 Å². The Morgan fingerprint density at radius 3 is 2.94 bits per heavy atom. The van der Waals surface area contributed by atoms with Gasteiger partial charge in [0, 0.05) is 4.47 Å². The van der Waals surface area contributed by atoms with E-state index in [1.807, 2.05) is 24.3 Å². The van der Waals surface area contributed by atoms with Crippen LogP contribution in [-0.4, -0.2) is 4.98 Å². The monoisotopic (exact) mass is 327 g/mol. The van der Waals surface area contributed by atoms with E-state index < -0.39 is 0 Å². The van der Waals surface area contributed by atoms with Gasteiger partial charge in [0.2, 0.25) is 0 Å². The first-order chi connectivity index (χ1) is 8.69. The van der Waals surface area contributed by atoms with Gasteiger partial charge in [-0.2, -0.15) is 0 Å². The molecule has 1 heterocycles. The molecule has 0 amide bonds. The molecule has 0 saturated heterocycles. The summed E-state index contributed by atoms with van der Waals surface area (Å²) in [7, 11) is 0. The van der Waals surface area contributed by atoms with Crippen LogP contribution in [0.15, 0.2) is 40.9 Å². The van der Waals surface area contributed by atoms with Gasteiger partial charge in [-0.05, 0) is 30.3 Å². The van der Waals surface area contributed by atoms with E-state index in [2.05, 4.69) is 26.3 Å². The zero-order chi connectivity index (χ0) is 13.0. The number of aromatic nitrogens is 1. The lowest BCUT2D eigenvalue weighted by Gasteiger charge is -2.08. The maximum Gasteiger partial charge on any atom is 0.140 e. The maximum atomic E-state index is 6.02. The molecular weight excluding hydrogens is 318 g/mol. The fourth-order valence-electron chi connectivity index (χ4n) is 1.38. The van der Waals surface area contributed by atoms with Crippen molar-refractivity contribution < 1.29 is 4.74 Å². The summed E-state index contributed by atoms with van der Waals surface area (Å²) >= 11 is 9.39. The second-order valence-corrected chi connectivity index (χ2v) is 4.84. The molecule has 0 unspecified atom stereocenters. The minimum absolute atomic E-state index is 0.325. The Balaban J connectivity index is 2.08. The van der Waals surface area contributed by atoms with Crippen molar-refractivity contribution in [2.75, 3.05) is 5.43 Å². The highest BCUT2D eigenvalue weighted by atomic mass is 79.9. The largest absolute Gasteiger partial charge is 0.486 e. The van der Waals surface area contributed by atoms with Crippen molar-refractivity contribution in [3.05, 3.63) is 51.6 Å². The van der Waals surface area contributed by atoms with Crippen LogP contribution in [0.5, 0.6) is 5.75 Å². The summed E-state index contributed by atoms with van der Waals surface area (Å²) in [5, 5.41) is 0.561. The van der Waals surface area contributed by atoms with E-state index in [1.165, 1.54) is 0 Å². The van der Waals surface area contributed by atoms with Gasteiger partial charge in [-0.3, -0.25) is 0 Å². The molecule has 1 aromatic heterocycles. The highest BCUT2D eigenvalue weighted by Crippen LogP contribution is 2.28. The van der Waals surface area contributed by atoms with Gasteiger partial charge in [0.1, 0.15) is 18.2 Å². The zero-order valence-electron chi connectivity index (χ0n) is 9.36. The van der Waals surface area contributed by atoms with Crippen molar-refractivity contribution in [3.63, 3.8) is 0 Å². The predicted molar refractivity (Wildman–Crippen MR) is 75.5 cm³/mol. The standard InChI is InChI=1S/C12H11BrClN3O/c13-8-4-5-10(14)11(6-8)18-7-9-2-1-3-12(16-9)17-15/h1-6H,7,15H2,(H,16,17). The van der Waals surface area contributed by atoms with Gasteiger partial charge in [-0.15, -0.1) is 0 Å². The number of nitrogens with one attached hydrogen (secondary N) is 1. The molecule has 0 aliphatic heterocycles.